The zero-order valence-electron chi connectivity index (χ0n) is 11.3. The van der Waals surface area contributed by atoms with Crippen LogP contribution < -0.4 is 9.64 Å². The molecular formula is C14H14Cl2N4O. The third kappa shape index (κ3) is 3.74. The van der Waals surface area contributed by atoms with E-state index in [0.717, 1.165) is 31.5 Å². The van der Waals surface area contributed by atoms with Crippen molar-refractivity contribution in [3.8, 4) is 6.01 Å². The third-order valence-corrected chi connectivity index (χ3v) is 3.67. The van der Waals surface area contributed by atoms with Gasteiger partial charge in [-0.25, -0.2) is 0 Å². The molecule has 0 unspecified atom stereocenters. The van der Waals surface area contributed by atoms with Gasteiger partial charge in [-0.05, 0) is 42.1 Å². The lowest BCUT2D eigenvalue weighted by molar-refractivity contribution is 0.280. The van der Waals surface area contributed by atoms with Crippen molar-refractivity contribution in [3.05, 3.63) is 40.1 Å². The second kappa shape index (κ2) is 6.45. The predicted molar refractivity (Wildman–Crippen MR) is 82.1 cm³/mol. The summed E-state index contributed by atoms with van der Waals surface area (Å²) in [6, 6.07) is 7.66. The Kier molecular flexibility index (Phi) is 4.41. The first-order chi connectivity index (χ1) is 10.2. The highest BCUT2D eigenvalue weighted by molar-refractivity contribution is 6.30. The van der Waals surface area contributed by atoms with Gasteiger partial charge in [0.1, 0.15) is 6.61 Å². The highest BCUT2D eigenvalue weighted by atomic mass is 35.5. The summed E-state index contributed by atoms with van der Waals surface area (Å²) in [5.41, 5.74) is 0.985. The highest BCUT2D eigenvalue weighted by Crippen LogP contribution is 2.20. The minimum atomic E-state index is 0.151. The van der Waals surface area contributed by atoms with E-state index in [0.29, 0.717) is 17.6 Å². The molecule has 1 aromatic carbocycles. The molecule has 7 heteroatoms. The molecule has 0 atom stereocenters. The maximum absolute atomic E-state index is 5.94. The zero-order valence-corrected chi connectivity index (χ0v) is 12.8. The van der Waals surface area contributed by atoms with Crippen LogP contribution in [0.4, 0.5) is 5.95 Å². The number of halogens is 2. The molecule has 1 fully saturated rings. The van der Waals surface area contributed by atoms with Crippen LogP contribution in [0, 0.1) is 0 Å². The number of benzene rings is 1. The highest BCUT2D eigenvalue weighted by Gasteiger charge is 2.17. The number of hydrogen-bond acceptors (Lipinski definition) is 5. The molecule has 0 N–H and O–H groups in total. The normalized spacial score (nSPS) is 14.5. The SMILES string of the molecule is Clc1ccc(COc2nc(Cl)nc(N3CCCC3)n2)cc1. The van der Waals surface area contributed by atoms with Gasteiger partial charge in [-0.2, -0.15) is 15.0 Å². The fraction of sp³-hybridized carbons (Fsp3) is 0.357. The molecule has 0 spiro atoms. The number of aromatic nitrogens is 3. The maximum atomic E-state index is 5.94. The molecule has 0 radical (unpaired) electrons. The largest absolute Gasteiger partial charge is 0.458 e. The van der Waals surface area contributed by atoms with Crippen molar-refractivity contribution in [2.24, 2.45) is 0 Å². The molecule has 110 valence electrons. The van der Waals surface area contributed by atoms with Crippen LogP contribution in [0.3, 0.4) is 0 Å². The van der Waals surface area contributed by atoms with Crippen molar-refractivity contribution in [2.45, 2.75) is 19.4 Å². The first-order valence-electron chi connectivity index (χ1n) is 6.74. The van der Waals surface area contributed by atoms with Crippen LogP contribution in [0.15, 0.2) is 24.3 Å². The molecule has 0 amide bonds. The van der Waals surface area contributed by atoms with Crippen LogP contribution in [0.5, 0.6) is 6.01 Å². The Balaban J connectivity index is 1.71. The summed E-state index contributed by atoms with van der Waals surface area (Å²) in [5, 5.41) is 0.844. The van der Waals surface area contributed by atoms with Crippen molar-refractivity contribution in [3.63, 3.8) is 0 Å². The number of hydrogen-bond donors (Lipinski definition) is 0. The summed E-state index contributed by atoms with van der Waals surface area (Å²) >= 11 is 11.8. The Hall–Kier alpha value is -1.59. The molecule has 0 saturated carbocycles. The summed E-state index contributed by atoms with van der Waals surface area (Å²) in [6.07, 6.45) is 2.29. The Labute approximate surface area is 132 Å². The lowest BCUT2D eigenvalue weighted by atomic mass is 10.2. The van der Waals surface area contributed by atoms with Crippen LogP contribution in [0.2, 0.25) is 10.3 Å². The third-order valence-electron chi connectivity index (χ3n) is 3.25. The van der Waals surface area contributed by atoms with E-state index in [-0.39, 0.29) is 11.3 Å². The quantitative estimate of drug-likeness (QED) is 0.863. The summed E-state index contributed by atoms with van der Waals surface area (Å²) in [4.78, 5) is 14.6. The molecular weight excluding hydrogens is 311 g/mol. The topological polar surface area (TPSA) is 51.1 Å². The molecule has 2 heterocycles. The fourth-order valence-electron chi connectivity index (χ4n) is 2.17. The van der Waals surface area contributed by atoms with E-state index < -0.39 is 0 Å². The zero-order chi connectivity index (χ0) is 14.7. The van der Waals surface area contributed by atoms with Gasteiger partial charge in [0.2, 0.25) is 11.2 Å². The van der Waals surface area contributed by atoms with E-state index in [1.165, 1.54) is 0 Å². The fourth-order valence-corrected chi connectivity index (χ4v) is 2.45. The molecule has 5 nitrogen and oxygen atoms in total. The van der Waals surface area contributed by atoms with Gasteiger partial charge in [-0.1, -0.05) is 23.7 Å². The van der Waals surface area contributed by atoms with E-state index in [1.54, 1.807) is 0 Å². The van der Waals surface area contributed by atoms with Gasteiger partial charge in [-0.15, -0.1) is 0 Å². The van der Waals surface area contributed by atoms with Crippen LogP contribution in [0.1, 0.15) is 18.4 Å². The molecule has 1 saturated heterocycles. The van der Waals surface area contributed by atoms with Crippen molar-refractivity contribution >= 4 is 29.2 Å². The molecule has 3 rings (SSSR count). The first kappa shape index (κ1) is 14.4. The standard InChI is InChI=1S/C14H14Cl2N4O/c15-11-5-3-10(4-6-11)9-21-14-18-12(16)17-13(19-14)20-7-1-2-8-20/h3-6H,1-2,7-9H2. The summed E-state index contributed by atoms with van der Waals surface area (Å²) < 4.78 is 5.60. The average molecular weight is 325 g/mol. The Morgan fingerprint density at radius 3 is 2.43 bits per heavy atom. The van der Waals surface area contributed by atoms with E-state index in [4.69, 9.17) is 27.9 Å². The van der Waals surface area contributed by atoms with Crippen molar-refractivity contribution < 1.29 is 4.74 Å². The number of nitrogens with zero attached hydrogens (tertiary/aromatic N) is 4. The van der Waals surface area contributed by atoms with E-state index in [2.05, 4.69) is 19.9 Å². The minimum absolute atomic E-state index is 0.151. The summed E-state index contributed by atoms with van der Waals surface area (Å²) in [5.74, 6) is 0.582. The second-order valence-corrected chi connectivity index (χ2v) is 5.57. The summed E-state index contributed by atoms with van der Waals surface area (Å²) in [6.45, 7) is 2.24. The van der Waals surface area contributed by atoms with Crippen LogP contribution >= 0.6 is 23.2 Å². The molecule has 0 aliphatic carbocycles. The Morgan fingerprint density at radius 1 is 1.00 bits per heavy atom. The Bertz CT molecular complexity index is 615. The molecule has 1 aromatic heterocycles. The number of anilines is 1. The minimum Gasteiger partial charge on any atom is -0.458 e. The maximum Gasteiger partial charge on any atom is 0.322 e. The molecule has 21 heavy (non-hydrogen) atoms. The van der Waals surface area contributed by atoms with Crippen molar-refractivity contribution in [1.29, 1.82) is 0 Å². The van der Waals surface area contributed by atoms with Gasteiger partial charge in [-0.3, -0.25) is 0 Å². The van der Waals surface area contributed by atoms with Crippen LogP contribution in [0.25, 0.3) is 0 Å². The lowest BCUT2D eigenvalue weighted by Crippen LogP contribution is -2.21. The number of ether oxygens (including phenoxy) is 1. The van der Waals surface area contributed by atoms with Crippen LogP contribution in [-0.4, -0.2) is 28.0 Å². The Morgan fingerprint density at radius 2 is 1.71 bits per heavy atom. The first-order valence-corrected chi connectivity index (χ1v) is 7.50. The predicted octanol–water partition coefficient (Wildman–Crippen LogP) is 3.36. The van der Waals surface area contributed by atoms with E-state index >= 15 is 0 Å². The molecule has 1 aliphatic heterocycles. The van der Waals surface area contributed by atoms with Crippen LogP contribution in [-0.2, 0) is 6.61 Å². The van der Waals surface area contributed by atoms with E-state index in [1.807, 2.05) is 24.3 Å². The van der Waals surface area contributed by atoms with Crippen molar-refractivity contribution in [2.75, 3.05) is 18.0 Å². The molecule has 1 aliphatic rings. The van der Waals surface area contributed by atoms with Gasteiger partial charge in [0, 0.05) is 18.1 Å². The smallest absolute Gasteiger partial charge is 0.322 e. The lowest BCUT2D eigenvalue weighted by Gasteiger charge is -2.15. The van der Waals surface area contributed by atoms with Gasteiger partial charge in [0.05, 0.1) is 0 Å². The van der Waals surface area contributed by atoms with Gasteiger partial charge in [0.15, 0.2) is 0 Å². The van der Waals surface area contributed by atoms with Gasteiger partial charge in [0.25, 0.3) is 0 Å². The average Bonchev–Trinajstić information content (AvgIpc) is 3.00. The van der Waals surface area contributed by atoms with E-state index in [9.17, 15) is 0 Å². The molecule has 0 bridgehead atoms. The molecule has 2 aromatic rings. The summed E-state index contributed by atoms with van der Waals surface area (Å²) in [7, 11) is 0. The second-order valence-electron chi connectivity index (χ2n) is 4.80. The van der Waals surface area contributed by atoms with Crippen molar-refractivity contribution in [1.82, 2.24) is 15.0 Å². The van der Waals surface area contributed by atoms with Gasteiger partial charge < -0.3 is 9.64 Å². The number of rotatable bonds is 4. The van der Waals surface area contributed by atoms with Gasteiger partial charge >= 0.3 is 6.01 Å². The monoisotopic (exact) mass is 324 g/mol.